The van der Waals surface area contributed by atoms with Gasteiger partial charge >= 0.3 is 0 Å². The van der Waals surface area contributed by atoms with Crippen molar-refractivity contribution in [3.05, 3.63) is 120 Å². The van der Waals surface area contributed by atoms with Crippen LogP contribution in [0.15, 0.2) is 97.7 Å². The third-order valence-corrected chi connectivity index (χ3v) is 24.1. The maximum absolute atomic E-state index is 15.6. The lowest BCUT2D eigenvalue weighted by Gasteiger charge is -2.36. The summed E-state index contributed by atoms with van der Waals surface area (Å²) in [5.41, 5.74) is 19.5. The Morgan fingerprint density at radius 3 is 1.68 bits per heavy atom. The third-order valence-electron chi connectivity index (χ3n) is 23.1. The molecule has 702 valence electrons. The van der Waals surface area contributed by atoms with Gasteiger partial charge in [0.2, 0.25) is 106 Å². The largest absolute Gasteiger partial charge is 0.508 e. The Kier molecular flexibility index (Phi) is 36.6. The molecule has 43 nitrogen and oxygen atoms in total. The molecule has 22 N–H and O–H groups in total. The van der Waals surface area contributed by atoms with Gasteiger partial charge < -0.3 is 125 Å². The van der Waals surface area contributed by atoms with Crippen LogP contribution in [0.3, 0.4) is 0 Å². The second-order valence-electron chi connectivity index (χ2n) is 32.6. The normalized spacial score (nSPS) is 24.7. The van der Waals surface area contributed by atoms with Crippen LogP contribution in [0.2, 0.25) is 0 Å². The van der Waals surface area contributed by atoms with Crippen molar-refractivity contribution in [1.29, 1.82) is 0 Å². The number of carbonyl (C=O) groups excluding carboxylic acids is 18. The zero-order valence-electron chi connectivity index (χ0n) is 73.1. The van der Waals surface area contributed by atoms with Crippen molar-refractivity contribution in [3.63, 3.8) is 0 Å². The highest BCUT2D eigenvalue weighted by molar-refractivity contribution is 8.00. The van der Waals surface area contributed by atoms with E-state index in [0.29, 0.717) is 64.2 Å². The number of phenolic OH excluding ortho intramolecular Hbond substituents is 1. The lowest BCUT2D eigenvalue weighted by atomic mass is 10.00. The molecule has 3 aromatic heterocycles. The number of hydrogen-bond donors (Lipinski definition) is 19. The fourth-order valence-corrected chi connectivity index (χ4v) is 16.7. The van der Waals surface area contributed by atoms with Gasteiger partial charge in [0.1, 0.15) is 84.3 Å². The minimum Gasteiger partial charge on any atom is -0.508 e. The second kappa shape index (κ2) is 47.5. The van der Waals surface area contributed by atoms with E-state index in [9.17, 15) is 68.1 Å². The number of phenols is 1. The molecule has 9 rings (SSSR count). The number of aromatic hydroxyl groups is 1. The molecule has 3 fully saturated rings. The van der Waals surface area contributed by atoms with Gasteiger partial charge in [0, 0.05) is 119 Å². The van der Waals surface area contributed by atoms with E-state index in [2.05, 4.69) is 73.1 Å². The van der Waals surface area contributed by atoms with Crippen LogP contribution in [-0.4, -0.2) is 316 Å². The van der Waals surface area contributed by atoms with Crippen molar-refractivity contribution in [1.82, 2.24) is 97.6 Å². The van der Waals surface area contributed by atoms with Crippen LogP contribution in [-0.2, 0) is 112 Å². The molecule has 6 heterocycles. The number of carbonyl (C=O) groups is 18. The summed E-state index contributed by atoms with van der Waals surface area (Å²) in [5.74, 6) is -18.6. The first-order chi connectivity index (χ1) is 62.0. The Labute approximate surface area is 752 Å². The molecule has 130 heavy (non-hydrogen) atoms. The van der Waals surface area contributed by atoms with E-state index >= 15 is 33.6 Å². The van der Waals surface area contributed by atoms with Crippen molar-refractivity contribution in [2.45, 2.75) is 208 Å². The highest BCUT2D eigenvalue weighted by Gasteiger charge is 2.46. The Hall–Kier alpha value is -13.5. The third kappa shape index (κ3) is 27.3. The molecule has 14 atom stereocenters. The minimum atomic E-state index is -1.91. The van der Waals surface area contributed by atoms with E-state index in [0.717, 1.165) is 36.3 Å². The molecule has 0 unspecified atom stereocenters. The van der Waals surface area contributed by atoms with E-state index in [1.165, 1.54) is 64.9 Å². The summed E-state index contributed by atoms with van der Waals surface area (Å²) in [4.78, 5) is 278. The summed E-state index contributed by atoms with van der Waals surface area (Å²) in [6.45, 7) is 1.57. The molecule has 0 aliphatic carbocycles. The second-order valence-corrected chi connectivity index (χ2v) is 33.6. The number of primary amides is 3. The molecule has 0 radical (unpaired) electrons. The minimum absolute atomic E-state index is 0.00619. The fraction of sp³-hybridized carbons (Fsp3) is 0.500. The van der Waals surface area contributed by atoms with Gasteiger partial charge in [0.15, 0.2) is 0 Å². The van der Waals surface area contributed by atoms with Crippen LogP contribution in [0.1, 0.15) is 120 Å². The number of nitrogens with one attached hydrogen (secondary N) is 13. The van der Waals surface area contributed by atoms with Gasteiger partial charge in [0.25, 0.3) is 0 Å². The van der Waals surface area contributed by atoms with Crippen LogP contribution in [0, 0.1) is 0 Å². The molecule has 3 aliphatic rings. The van der Waals surface area contributed by atoms with Crippen molar-refractivity contribution >= 4 is 140 Å². The predicted molar refractivity (Wildman–Crippen MR) is 471 cm³/mol. The molecule has 0 spiro atoms. The highest BCUT2D eigenvalue weighted by Crippen LogP contribution is 2.28. The smallest absolute Gasteiger partial charge is 0.246 e. The zero-order valence-corrected chi connectivity index (χ0v) is 73.9. The molecule has 44 heteroatoms. The topological polar surface area (TPSA) is 643 Å². The maximum atomic E-state index is 15.6. The molecular formula is C86H116N22O21S. The fourth-order valence-electron chi connectivity index (χ4n) is 15.8. The number of fused-ring (bicyclic) bond motifs is 4. The Balaban J connectivity index is 1.07. The SMILES string of the molecule is CCCC[C@H]1C(=O)N(C)[C@@H](CCCC)C(=O)NCC(=O)N[C@H](C(=O)NCC(N)=O)CSCC(=O)N[C@@H](Cc2ccc(O)cc2)C(=O)N(C)[C@@H](C)C(=O)N[C@@H](CC(N)=O)C(=O)N2CCC[C@H]2C(=O)N[C@@H](Cc2c[nH]cn2)C(=O)N[C@@H](CCC(N)=O)C(=O)N2C[C@H](O)C[C@H]2C(=O)N[C@@H](Cc2c[nH]c3ccccc23)C(=O)N[C@@H](CO)C(=O)N[C@@H](Cc2c[nH]c3ccccc23)C(=O)N1C. The number of aromatic nitrogens is 4. The number of nitrogens with zero attached hydrogens (tertiary/aromatic N) is 6. The number of aromatic amines is 3. The number of aliphatic hydroxyl groups is 2. The Morgan fingerprint density at radius 1 is 0.538 bits per heavy atom. The van der Waals surface area contributed by atoms with Crippen molar-refractivity contribution < 1.29 is 102 Å². The summed E-state index contributed by atoms with van der Waals surface area (Å²) in [5, 5.41) is 59.5. The summed E-state index contributed by atoms with van der Waals surface area (Å²) in [6.07, 6.45) is 2.51. The van der Waals surface area contributed by atoms with Crippen LogP contribution in [0.5, 0.6) is 5.75 Å². The number of benzene rings is 3. The average Bonchev–Trinajstić information content (AvgIpc) is 1.57. The number of hydrogen-bond acceptors (Lipinski definition) is 23. The first-order valence-electron chi connectivity index (χ1n) is 42.9. The summed E-state index contributed by atoms with van der Waals surface area (Å²) < 4.78 is 0. The highest BCUT2D eigenvalue weighted by atomic mass is 32.2. The average molecular weight is 1830 g/mol. The molecule has 3 aromatic carbocycles. The maximum Gasteiger partial charge on any atom is 0.246 e. The summed E-state index contributed by atoms with van der Waals surface area (Å²) in [7, 11) is 3.87. The number of imidazole rings is 1. The number of nitrogens with two attached hydrogens (primary N) is 3. The number of H-pyrrole nitrogens is 3. The first-order valence-corrected chi connectivity index (χ1v) is 44.1. The number of rotatable bonds is 23. The number of thioether (sulfide) groups is 1. The standard InChI is InChI=1S/C86H116N22O21S/c1-7-9-20-65-79(122)94-40-72(115)97-64(75(118)93-39-71(89)114)43-130-44-73(116)96-60(30-47-23-25-51(110)26-24-47)82(125)104(4)46(3)74(117)101-62(35-70(88)113)85(128)107-29-15-22-66(107)80(123)100-59(33-50-38-90-45-95-50)77(120)98-57(27-28-69(87)112)84(127)108-41-52(111)34-68(108)81(124)99-58(31-48-36-91-55-18-13-11-16-53(48)55)76(119)103-63(42-109)78(121)102-61(32-49-37-92-56-19-14-12-17-54(49)56)83(126)106(6)67(21-10-8-2)86(129)105(65)5/h11-14,16-19,23-26,36-38,45-46,52,57-68,91-92,109-111H,7-10,15,20-22,27-35,39-44H2,1-6H3,(H2,87,112)(H2,88,113)(H2,89,114)(H,90,95)(H,93,118)(H,94,122)(H,96,116)(H,97,115)(H,98,120)(H,99,124)(H,100,123)(H,101,117)(H,102,121)(H,103,119)/t46-,52+,57-,58-,59-,60-,61-,62-,63-,64-,65-,66-,67-,68-/m0/s1. The molecule has 3 aliphatic heterocycles. The van der Waals surface area contributed by atoms with Crippen molar-refractivity contribution in [3.8, 4) is 5.75 Å². The van der Waals surface area contributed by atoms with E-state index < -0.39 is 261 Å². The van der Waals surface area contributed by atoms with Crippen molar-refractivity contribution in [2.24, 2.45) is 17.2 Å². The van der Waals surface area contributed by atoms with Gasteiger partial charge in [-0.1, -0.05) is 88.1 Å². The molecule has 0 bridgehead atoms. The zero-order chi connectivity index (χ0) is 94.7. The first kappa shape index (κ1) is 100. The van der Waals surface area contributed by atoms with E-state index in [4.69, 9.17) is 17.2 Å². The molecular weight excluding hydrogens is 1710 g/mol. The van der Waals surface area contributed by atoms with Gasteiger partial charge in [0.05, 0.1) is 50.0 Å². The summed E-state index contributed by atoms with van der Waals surface area (Å²) >= 11 is 0.769. The molecule has 18 amide bonds. The number of unbranched alkanes of at least 4 members (excludes halogenated alkanes) is 2. The van der Waals surface area contributed by atoms with Crippen LogP contribution in [0.4, 0.5) is 0 Å². The van der Waals surface area contributed by atoms with Gasteiger partial charge in [-0.3, -0.25) is 86.3 Å². The predicted octanol–water partition coefficient (Wildman–Crippen LogP) is -4.34. The van der Waals surface area contributed by atoms with Gasteiger partial charge in [-0.2, -0.15) is 0 Å². The molecule has 0 saturated carbocycles. The van der Waals surface area contributed by atoms with Gasteiger partial charge in [-0.15, -0.1) is 11.8 Å². The van der Waals surface area contributed by atoms with Crippen LogP contribution < -0.4 is 70.4 Å². The Morgan fingerprint density at radius 2 is 1.08 bits per heavy atom. The number of aliphatic hydroxyl groups excluding tert-OH is 2. The van der Waals surface area contributed by atoms with E-state index in [1.54, 1.807) is 60.9 Å². The van der Waals surface area contributed by atoms with E-state index in [1.807, 2.05) is 13.8 Å². The number of para-hydroxylation sites is 2. The number of amides is 18. The lowest BCUT2D eigenvalue weighted by molar-refractivity contribution is -0.149. The van der Waals surface area contributed by atoms with E-state index in [-0.39, 0.29) is 62.9 Å². The molecule has 6 aromatic rings. The van der Waals surface area contributed by atoms with Crippen molar-refractivity contribution in [2.75, 3.05) is 65.4 Å². The van der Waals surface area contributed by atoms with Crippen LogP contribution >= 0.6 is 11.8 Å². The van der Waals surface area contributed by atoms with Gasteiger partial charge in [-0.05, 0) is 80.0 Å². The summed E-state index contributed by atoms with van der Waals surface area (Å²) in [6, 6.07) is -1.30. The quantitative estimate of drug-likeness (QED) is 0.0288. The lowest BCUT2D eigenvalue weighted by Crippen LogP contribution is -2.61. The monoisotopic (exact) mass is 1820 g/mol. The van der Waals surface area contributed by atoms with Crippen LogP contribution in [0.25, 0.3) is 21.8 Å². The molecule has 3 saturated heterocycles. The van der Waals surface area contributed by atoms with Gasteiger partial charge in [-0.25, -0.2) is 4.98 Å². The number of likely N-dealkylation sites (N-methyl/N-ethyl adjacent to an activating group) is 3. The Bertz CT molecular complexity index is 5090.